The number of benzene rings is 3. The van der Waals surface area contributed by atoms with Crippen LogP contribution < -0.4 is 19.5 Å². The molecule has 0 saturated heterocycles. The molecule has 3 aromatic carbocycles. The van der Waals surface area contributed by atoms with E-state index in [2.05, 4.69) is 5.32 Å². The Balaban J connectivity index is 1.46. The van der Waals surface area contributed by atoms with Crippen LogP contribution in [0.3, 0.4) is 0 Å². The summed E-state index contributed by atoms with van der Waals surface area (Å²) in [6, 6.07) is 21.7. The third kappa shape index (κ3) is 5.93. The standard InChI is InChI=1S/C22H20ClNO4/c1-26-20-3-2-4-21(13-20)28-15-22(25)24-18-9-11-19(12-10-18)27-14-16-5-7-17(23)8-6-16/h2-13H,14-15H2,1H3,(H,24,25). The van der Waals surface area contributed by atoms with E-state index in [1.807, 2.05) is 30.3 Å². The third-order valence-corrected chi connectivity index (χ3v) is 4.12. The number of carbonyl (C=O) groups is 1. The summed E-state index contributed by atoms with van der Waals surface area (Å²) in [6.07, 6.45) is 0. The highest BCUT2D eigenvalue weighted by molar-refractivity contribution is 6.30. The van der Waals surface area contributed by atoms with Gasteiger partial charge >= 0.3 is 0 Å². The van der Waals surface area contributed by atoms with E-state index in [0.29, 0.717) is 34.6 Å². The summed E-state index contributed by atoms with van der Waals surface area (Å²) in [5.74, 6) is 1.70. The van der Waals surface area contributed by atoms with E-state index in [1.54, 1.807) is 49.6 Å². The van der Waals surface area contributed by atoms with Gasteiger partial charge in [0.25, 0.3) is 5.91 Å². The van der Waals surface area contributed by atoms with Crippen molar-refractivity contribution in [3.63, 3.8) is 0 Å². The summed E-state index contributed by atoms with van der Waals surface area (Å²) >= 11 is 5.87. The summed E-state index contributed by atoms with van der Waals surface area (Å²) in [7, 11) is 1.58. The van der Waals surface area contributed by atoms with E-state index in [9.17, 15) is 4.79 Å². The van der Waals surface area contributed by atoms with E-state index in [0.717, 1.165) is 5.56 Å². The van der Waals surface area contributed by atoms with E-state index in [4.69, 9.17) is 25.8 Å². The lowest BCUT2D eigenvalue weighted by atomic mass is 10.2. The average molecular weight is 398 g/mol. The molecule has 144 valence electrons. The number of anilines is 1. The van der Waals surface area contributed by atoms with Crippen molar-refractivity contribution in [2.45, 2.75) is 6.61 Å². The molecule has 0 bridgehead atoms. The Morgan fingerprint density at radius 2 is 1.61 bits per heavy atom. The fraction of sp³-hybridized carbons (Fsp3) is 0.136. The molecule has 0 aliphatic heterocycles. The highest BCUT2D eigenvalue weighted by atomic mass is 35.5. The molecule has 0 spiro atoms. The van der Waals surface area contributed by atoms with Gasteiger partial charge < -0.3 is 19.5 Å². The molecule has 0 atom stereocenters. The van der Waals surface area contributed by atoms with Crippen LogP contribution in [0.15, 0.2) is 72.8 Å². The fourth-order valence-corrected chi connectivity index (χ4v) is 2.54. The summed E-state index contributed by atoms with van der Waals surface area (Å²) in [6.45, 7) is 0.346. The Morgan fingerprint density at radius 3 is 2.32 bits per heavy atom. The number of hydrogen-bond donors (Lipinski definition) is 1. The zero-order chi connectivity index (χ0) is 19.8. The maximum Gasteiger partial charge on any atom is 0.262 e. The van der Waals surface area contributed by atoms with Crippen LogP contribution in [-0.2, 0) is 11.4 Å². The van der Waals surface area contributed by atoms with Crippen LogP contribution in [-0.4, -0.2) is 19.6 Å². The number of carbonyl (C=O) groups excluding carboxylic acids is 1. The Morgan fingerprint density at radius 1 is 0.893 bits per heavy atom. The molecule has 5 nitrogen and oxygen atoms in total. The van der Waals surface area contributed by atoms with Crippen LogP contribution in [0.1, 0.15) is 5.56 Å². The van der Waals surface area contributed by atoms with Crippen molar-refractivity contribution < 1.29 is 19.0 Å². The van der Waals surface area contributed by atoms with E-state index >= 15 is 0 Å². The zero-order valence-electron chi connectivity index (χ0n) is 15.4. The number of methoxy groups -OCH3 is 1. The van der Waals surface area contributed by atoms with E-state index in [-0.39, 0.29) is 12.5 Å². The van der Waals surface area contributed by atoms with Crippen molar-refractivity contribution in [1.82, 2.24) is 0 Å². The van der Waals surface area contributed by atoms with Crippen LogP contribution in [0.4, 0.5) is 5.69 Å². The van der Waals surface area contributed by atoms with Gasteiger partial charge in [-0.05, 0) is 54.1 Å². The van der Waals surface area contributed by atoms with Crippen molar-refractivity contribution >= 4 is 23.2 Å². The summed E-state index contributed by atoms with van der Waals surface area (Å²) < 4.78 is 16.3. The van der Waals surface area contributed by atoms with Gasteiger partial charge in [-0.25, -0.2) is 0 Å². The molecule has 28 heavy (non-hydrogen) atoms. The van der Waals surface area contributed by atoms with Gasteiger partial charge in [0.1, 0.15) is 23.9 Å². The minimum Gasteiger partial charge on any atom is -0.497 e. The van der Waals surface area contributed by atoms with Crippen LogP contribution in [0, 0.1) is 0 Å². The Labute approximate surface area is 168 Å². The molecule has 0 saturated carbocycles. The van der Waals surface area contributed by atoms with E-state index in [1.165, 1.54) is 0 Å². The SMILES string of the molecule is COc1cccc(OCC(=O)Nc2ccc(OCc3ccc(Cl)cc3)cc2)c1. The van der Waals surface area contributed by atoms with Crippen LogP contribution >= 0.6 is 11.6 Å². The van der Waals surface area contributed by atoms with E-state index < -0.39 is 0 Å². The largest absolute Gasteiger partial charge is 0.497 e. The maximum absolute atomic E-state index is 12.1. The number of ether oxygens (including phenoxy) is 3. The van der Waals surface area contributed by atoms with Gasteiger partial charge in [-0.3, -0.25) is 4.79 Å². The topological polar surface area (TPSA) is 56.8 Å². The summed E-state index contributed by atoms with van der Waals surface area (Å²) in [4.78, 5) is 12.1. The Bertz CT molecular complexity index is 911. The lowest BCUT2D eigenvalue weighted by molar-refractivity contribution is -0.118. The molecule has 0 aliphatic carbocycles. The third-order valence-electron chi connectivity index (χ3n) is 3.87. The molecule has 0 heterocycles. The Kier molecular flexibility index (Phi) is 6.76. The molecule has 0 radical (unpaired) electrons. The fourth-order valence-electron chi connectivity index (χ4n) is 2.42. The molecular weight excluding hydrogens is 378 g/mol. The number of nitrogens with one attached hydrogen (secondary N) is 1. The van der Waals surface area contributed by atoms with Gasteiger partial charge in [-0.2, -0.15) is 0 Å². The van der Waals surface area contributed by atoms with Gasteiger partial charge in [0, 0.05) is 16.8 Å². The molecule has 0 unspecified atom stereocenters. The normalized spacial score (nSPS) is 10.2. The second kappa shape index (κ2) is 9.67. The summed E-state index contributed by atoms with van der Waals surface area (Å²) in [5.41, 5.74) is 1.69. The molecule has 3 aromatic rings. The lowest BCUT2D eigenvalue weighted by Gasteiger charge is -2.10. The van der Waals surface area contributed by atoms with Crippen molar-refractivity contribution in [3.8, 4) is 17.2 Å². The first-order valence-electron chi connectivity index (χ1n) is 8.66. The number of hydrogen-bond acceptors (Lipinski definition) is 4. The maximum atomic E-state index is 12.1. The van der Waals surface area contributed by atoms with Crippen LogP contribution in [0.5, 0.6) is 17.2 Å². The number of rotatable bonds is 8. The highest BCUT2D eigenvalue weighted by Gasteiger charge is 2.05. The van der Waals surface area contributed by atoms with Crippen LogP contribution in [0.25, 0.3) is 0 Å². The molecule has 0 aromatic heterocycles. The monoisotopic (exact) mass is 397 g/mol. The smallest absolute Gasteiger partial charge is 0.262 e. The molecule has 3 rings (SSSR count). The minimum absolute atomic E-state index is 0.0953. The molecule has 0 fully saturated rings. The number of amides is 1. The average Bonchev–Trinajstić information content (AvgIpc) is 2.73. The molecular formula is C22H20ClNO4. The first kappa shape index (κ1) is 19.6. The first-order chi connectivity index (χ1) is 13.6. The highest BCUT2D eigenvalue weighted by Crippen LogP contribution is 2.20. The van der Waals surface area contributed by atoms with Gasteiger partial charge in [-0.15, -0.1) is 0 Å². The Hall–Kier alpha value is -3.18. The predicted molar refractivity (Wildman–Crippen MR) is 109 cm³/mol. The molecule has 6 heteroatoms. The van der Waals surface area contributed by atoms with Crippen molar-refractivity contribution in [2.24, 2.45) is 0 Å². The van der Waals surface area contributed by atoms with Gasteiger partial charge in [0.05, 0.1) is 7.11 Å². The lowest BCUT2D eigenvalue weighted by Crippen LogP contribution is -2.20. The van der Waals surface area contributed by atoms with Gasteiger partial charge in [0.2, 0.25) is 0 Å². The molecule has 1 amide bonds. The van der Waals surface area contributed by atoms with Crippen molar-refractivity contribution in [1.29, 1.82) is 0 Å². The minimum atomic E-state index is -0.252. The summed E-state index contributed by atoms with van der Waals surface area (Å²) in [5, 5.41) is 3.48. The quantitative estimate of drug-likeness (QED) is 0.584. The first-order valence-corrected chi connectivity index (χ1v) is 9.04. The predicted octanol–water partition coefficient (Wildman–Crippen LogP) is 4.95. The second-order valence-corrected chi connectivity index (χ2v) is 6.39. The van der Waals surface area contributed by atoms with Gasteiger partial charge in [-0.1, -0.05) is 29.8 Å². The molecule has 0 aliphatic rings. The number of halogens is 1. The van der Waals surface area contributed by atoms with Crippen molar-refractivity contribution in [3.05, 3.63) is 83.4 Å². The van der Waals surface area contributed by atoms with Gasteiger partial charge in [0.15, 0.2) is 6.61 Å². The van der Waals surface area contributed by atoms with Crippen LogP contribution in [0.2, 0.25) is 5.02 Å². The second-order valence-electron chi connectivity index (χ2n) is 5.96. The zero-order valence-corrected chi connectivity index (χ0v) is 16.1. The molecule has 1 N–H and O–H groups in total. The van der Waals surface area contributed by atoms with Crippen molar-refractivity contribution in [2.75, 3.05) is 19.0 Å².